The summed E-state index contributed by atoms with van der Waals surface area (Å²) >= 11 is 5.10. The molecule has 0 atom stereocenters. The van der Waals surface area contributed by atoms with Gasteiger partial charge in [0.2, 0.25) is 0 Å². The zero-order valence-electron chi connectivity index (χ0n) is 14.0. The number of amides is 1. The number of carbonyl (C=O) groups is 1. The first-order chi connectivity index (χ1) is 12.1. The van der Waals surface area contributed by atoms with Crippen molar-refractivity contribution in [3.8, 4) is 5.75 Å². The van der Waals surface area contributed by atoms with Crippen molar-refractivity contribution in [3.63, 3.8) is 0 Å². The highest BCUT2D eigenvalue weighted by Gasteiger charge is 2.11. The van der Waals surface area contributed by atoms with Crippen molar-refractivity contribution in [1.82, 2.24) is 10.3 Å². The average molecular weight is 359 g/mol. The lowest BCUT2D eigenvalue weighted by Gasteiger charge is -2.10. The Kier molecular flexibility index (Phi) is 7.16. The Bertz CT molecular complexity index is 772. The molecule has 1 heterocycles. The summed E-state index contributed by atoms with van der Waals surface area (Å²) in [6, 6.07) is 10.3. The summed E-state index contributed by atoms with van der Waals surface area (Å²) in [5.74, 6) is 0.225. The maximum absolute atomic E-state index is 12.0. The minimum atomic E-state index is -0.560. The molecular formula is C18H21N3O3S. The number of nitrogens with one attached hydrogen (secondary N) is 3. The standard InChI is InChI=1S/C18H21N3O3S/c1-2-3-4-12-24-14-9-7-13(8-10-14)20-18(25)21-17(23)15-6-5-11-19-16(15)22/h5-11H,2-4,12H2,1H3,(H,19,22)(H2,20,21,23,25). The lowest BCUT2D eigenvalue weighted by molar-refractivity contribution is 0.0976. The molecule has 132 valence electrons. The van der Waals surface area contributed by atoms with Crippen LogP contribution in [-0.2, 0) is 0 Å². The van der Waals surface area contributed by atoms with Gasteiger partial charge in [0, 0.05) is 11.9 Å². The van der Waals surface area contributed by atoms with Gasteiger partial charge in [-0.05, 0) is 55.0 Å². The molecule has 0 spiro atoms. The predicted octanol–water partition coefficient (Wildman–Crippen LogP) is 3.07. The Morgan fingerprint density at radius 2 is 1.96 bits per heavy atom. The van der Waals surface area contributed by atoms with Crippen LogP contribution in [0, 0.1) is 0 Å². The fourth-order valence-corrected chi connectivity index (χ4v) is 2.32. The molecule has 2 aromatic rings. The molecule has 0 radical (unpaired) electrons. The van der Waals surface area contributed by atoms with Gasteiger partial charge in [0.05, 0.1) is 6.61 Å². The number of ether oxygens (including phenoxy) is 1. The third kappa shape index (κ3) is 6.04. The van der Waals surface area contributed by atoms with Gasteiger partial charge >= 0.3 is 0 Å². The summed E-state index contributed by atoms with van der Waals surface area (Å²) in [7, 11) is 0. The summed E-state index contributed by atoms with van der Waals surface area (Å²) in [6.07, 6.45) is 4.80. The van der Waals surface area contributed by atoms with E-state index >= 15 is 0 Å². The summed E-state index contributed by atoms with van der Waals surface area (Å²) in [5, 5.41) is 5.49. The number of aromatic amines is 1. The van der Waals surface area contributed by atoms with Crippen molar-refractivity contribution < 1.29 is 9.53 Å². The number of unbranched alkanes of at least 4 members (excludes halogenated alkanes) is 2. The highest BCUT2D eigenvalue weighted by molar-refractivity contribution is 7.80. The minimum Gasteiger partial charge on any atom is -0.494 e. The van der Waals surface area contributed by atoms with E-state index in [9.17, 15) is 9.59 Å². The van der Waals surface area contributed by atoms with Crippen molar-refractivity contribution in [1.29, 1.82) is 0 Å². The van der Waals surface area contributed by atoms with Crippen molar-refractivity contribution in [3.05, 3.63) is 58.5 Å². The number of benzene rings is 1. The van der Waals surface area contributed by atoms with Crippen LogP contribution in [0.2, 0.25) is 0 Å². The van der Waals surface area contributed by atoms with Crippen LogP contribution in [0.4, 0.5) is 5.69 Å². The molecule has 2 rings (SSSR count). The molecule has 1 aromatic heterocycles. The monoisotopic (exact) mass is 359 g/mol. The summed E-state index contributed by atoms with van der Waals surface area (Å²) in [6.45, 7) is 2.84. The number of H-pyrrole nitrogens is 1. The molecule has 0 bridgehead atoms. The first-order valence-corrected chi connectivity index (χ1v) is 8.54. The van der Waals surface area contributed by atoms with Gasteiger partial charge in [-0.25, -0.2) is 0 Å². The lowest BCUT2D eigenvalue weighted by Crippen LogP contribution is -2.36. The second-order valence-electron chi connectivity index (χ2n) is 5.40. The molecule has 1 aromatic carbocycles. The zero-order valence-corrected chi connectivity index (χ0v) is 14.8. The highest BCUT2D eigenvalue weighted by atomic mass is 32.1. The number of carbonyl (C=O) groups excluding carboxylic acids is 1. The average Bonchev–Trinajstić information content (AvgIpc) is 2.60. The van der Waals surface area contributed by atoms with Crippen LogP contribution in [0.3, 0.4) is 0 Å². The van der Waals surface area contributed by atoms with E-state index in [0.717, 1.165) is 25.0 Å². The molecular weight excluding hydrogens is 338 g/mol. The quantitative estimate of drug-likeness (QED) is 0.523. The minimum absolute atomic E-state index is 0.00229. The van der Waals surface area contributed by atoms with E-state index in [1.165, 1.54) is 12.3 Å². The van der Waals surface area contributed by atoms with Gasteiger partial charge < -0.3 is 15.0 Å². The number of aromatic nitrogens is 1. The van der Waals surface area contributed by atoms with Crippen LogP contribution >= 0.6 is 12.2 Å². The molecule has 0 aliphatic carbocycles. The van der Waals surface area contributed by atoms with Crippen molar-refractivity contribution in [2.45, 2.75) is 26.2 Å². The second kappa shape index (κ2) is 9.58. The van der Waals surface area contributed by atoms with Gasteiger partial charge in [-0.3, -0.25) is 14.9 Å². The topological polar surface area (TPSA) is 83.2 Å². The number of hydrogen-bond acceptors (Lipinski definition) is 4. The SMILES string of the molecule is CCCCCOc1ccc(NC(=S)NC(=O)c2ccc[nH]c2=O)cc1. The van der Waals surface area contributed by atoms with Gasteiger partial charge in [-0.2, -0.15) is 0 Å². The Hall–Kier alpha value is -2.67. The lowest BCUT2D eigenvalue weighted by atomic mass is 10.2. The van der Waals surface area contributed by atoms with E-state index in [0.29, 0.717) is 12.3 Å². The first kappa shape index (κ1) is 18.7. The third-order valence-corrected chi connectivity index (χ3v) is 3.62. The molecule has 25 heavy (non-hydrogen) atoms. The third-order valence-electron chi connectivity index (χ3n) is 3.42. The van der Waals surface area contributed by atoms with E-state index in [1.54, 1.807) is 6.07 Å². The number of hydrogen-bond donors (Lipinski definition) is 3. The molecule has 7 heteroatoms. The fourth-order valence-electron chi connectivity index (χ4n) is 2.11. The van der Waals surface area contributed by atoms with Gasteiger partial charge in [0.1, 0.15) is 11.3 Å². The van der Waals surface area contributed by atoms with Crippen LogP contribution in [0.25, 0.3) is 0 Å². The Balaban J connectivity index is 1.85. The fraction of sp³-hybridized carbons (Fsp3) is 0.278. The molecule has 0 saturated heterocycles. The Morgan fingerprint density at radius 3 is 2.64 bits per heavy atom. The van der Waals surface area contributed by atoms with Crippen LogP contribution in [-0.4, -0.2) is 22.6 Å². The molecule has 0 fully saturated rings. The normalized spacial score (nSPS) is 10.1. The molecule has 6 nitrogen and oxygen atoms in total. The van der Waals surface area contributed by atoms with Crippen LogP contribution in [0.1, 0.15) is 36.5 Å². The van der Waals surface area contributed by atoms with Gasteiger partial charge in [-0.1, -0.05) is 19.8 Å². The molecule has 0 unspecified atom stereocenters. The van der Waals surface area contributed by atoms with Crippen molar-refractivity contribution >= 4 is 28.9 Å². The summed E-state index contributed by atoms with van der Waals surface area (Å²) < 4.78 is 5.64. The van der Waals surface area contributed by atoms with Gasteiger partial charge in [0.25, 0.3) is 11.5 Å². The number of anilines is 1. The van der Waals surface area contributed by atoms with Crippen LogP contribution < -0.4 is 20.9 Å². The summed E-state index contributed by atoms with van der Waals surface area (Å²) in [4.78, 5) is 26.0. The smallest absolute Gasteiger partial charge is 0.263 e. The van der Waals surface area contributed by atoms with Gasteiger partial charge in [-0.15, -0.1) is 0 Å². The molecule has 3 N–H and O–H groups in total. The van der Waals surface area contributed by atoms with Crippen LogP contribution in [0.15, 0.2) is 47.4 Å². The maximum Gasteiger partial charge on any atom is 0.263 e. The van der Waals surface area contributed by atoms with E-state index in [2.05, 4.69) is 22.5 Å². The highest BCUT2D eigenvalue weighted by Crippen LogP contribution is 2.16. The van der Waals surface area contributed by atoms with E-state index < -0.39 is 11.5 Å². The maximum atomic E-state index is 12.0. The Labute approximate surface area is 151 Å². The predicted molar refractivity (Wildman–Crippen MR) is 102 cm³/mol. The van der Waals surface area contributed by atoms with Crippen molar-refractivity contribution in [2.24, 2.45) is 0 Å². The van der Waals surface area contributed by atoms with E-state index in [4.69, 9.17) is 17.0 Å². The summed E-state index contributed by atoms with van der Waals surface area (Å²) in [5.41, 5.74) is 0.253. The number of thiocarbonyl (C=S) groups is 1. The molecule has 0 aliphatic rings. The molecule has 1 amide bonds. The first-order valence-electron chi connectivity index (χ1n) is 8.13. The molecule has 0 saturated carbocycles. The van der Waals surface area contributed by atoms with Gasteiger partial charge in [0.15, 0.2) is 5.11 Å². The zero-order chi connectivity index (χ0) is 18.1. The largest absolute Gasteiger partial charge is 0.494 e. The van der Waals surface area contributed by atoms with Crippen molar-refractivity contribution in [2.75, 3.05) is 11.9 Å². The van der Waals surface area contributed by atoms with E-state index in [-0.39, 0.29) is 10.7 Å². The second-order valence-corrected chi connectivity index (χ2v) is 5.81. The Morgan fingerprint density at radius 1 is 1.20 bits per heavy atom. The molecule has 0 aliphatic heterocycles. The van der Waals surface area contributed by atoms with E-state index in [1.807, 2.05) is 24.3 Å². The number of rotatable bonds is 7. The van der Waals surface area contributed by atoms with Crippen LogP contribution in [0.5, 0.6) is 5.75 Å². The number of pyridine rings is 1.